The quantitative estimate of drug-likeness (QED) is 0.172. The molecule has 3 amide bonds. The minimum Gasteiger partial charge on any atom is -0.410 e. The monoisotopic (exact) mass is 608 g/mol. The molecule has 1 aliphatic heterocycles. The number of ketones is 1. The first kappa shape index (κ1) is 29.3. The molecular formula is C29H19F3N4O6S. The number of imide groups is 1. The Morgan fingerprint density at radius 1 is 1.09 bits per heavy atom. The molecule has 0 spiro atoms. The Hall–Kier alpha value is -5.16. The first-order chi connectivity index (χ1) is 20.4. The molecule has 43 heavy (non-hydrogen) atoms. The number of alkyl halides is 3. The Kier molecular flexibility index (Phi) is 7.68. The summed E-state index contributed by atoms with van der Waals surface area (Å²) in [5.74, 6) is -0.579. The number of urea groups is 1. The van der Waals surface area contributed by atoms with Crippen molar-refractivity contribution in [3.8, 4) is 11.8 Å². The number of non-ortho nitro benzene ring substituents is 1. The van der Waals surface area contributed by atoms with Crippen molar-refractivity contribution >= 4 is 41.0 Å². The minimum absolute atomic E-state index is 0.0256. The molecule has 3 aromatic carbocycles. The largest absolute Gasteiger partial charge is 0.424 e. The number of nitrogens with zero attached hydrogens (tertiary/aromatic N) is 4. The second-order valence-corrected chi connectivity index (χ2v) is 10.3. The fourth-order valence-corrected chi connectivity index (χ4v) is 5.69. The first-order valence-corrected chi connectivity index (χ1v) is 13.8. The second-order valence-electron chi connectivity index (χ2n) is 9.41. The van der Waals surface area contributed by atoms with Crippen LogP contribution in [0, 0.1) is 21.4 Å². The van der Waals surface area contributed by atoms with Crippen LogP contribution >= 0.6 is 11.8 Å². The number of carbonyl (C=O) groups is 3. The van der Waals surface area contributed by atoms with Crippen LogP contribution < -0.4 is 9.64 Å². The molecule has 0 radical (unpaired) electrons. The van der Waals surface area contributed by atoms with Gasteiger partial charge in [-0.25, -0.2) is 14.5 Å². The fraction of sp³-hybridized carbons (Fsp3) is 0.172. The van der Waals surface area contributed by atoms with Gasteiger partial charge in [-0.2, -0.15) is 18.4 Å². The van der Waals surface area contributed by atoms with E-state index in [1.165, 1.54) is 36.0 Å². The van der Waals surface area contributed by atoms with E-state index in [-0.39, 0.29) is 46.8 Å². The highest BCUT2D eigenvalue weighted by atomic mass is 32.2. The molecule has 1 heterocycles. The molecule has 1 aliphatic carbocycles. The summed E-state index contributed by atoms with van der Waals surface area (Å²) in [7, 11) is 0. The number of carbonyl (C=O) groups excluding carboxylic acids is 3. The number of rotatable bonds is 5. The second kappa shape index (κ2) is 11.3. The zero-order chi connectivity index (χ0) is 31.1. The van der Waals surface area contributed by atoms with Gasteiger partial charge in [0, 0.05) is 34.7 Å². The van der Waals surface area contributed by atoms with Crippen LogP contribution in [-0.4, -0.2) is 34.0 Å². The van der Waals surface area contributed by atoms with Crippen LogP contribution in [0.2, 0.25) is 0 Å². The third kappa shape index (κ3) is 5.42. The number of halogens is 3. The molecule has 0 N–H and O–H groups in total. The van der Waals surface area contributed by atoms with Gasteiger partial charge in [0.2, 0.25) is 0 Å². The summed E-state index contributed by atoms with van der Waals surface area (Å²) in [6.07, 6.45) is -4.33. The SMILES string of the molecule is CSc1cc(C#N)ccc1[C@@H]1C2=C(CCC2=O)N(c2cccc(C(F)(F)F)c2)C(=O)N1C(=O)Oc1ccc([N+](=O)[O-])cc1. The highest BCUT2D eigenvalue weighted by molar-refractivity contribution is 7.98. The molecule has 2 aliphatic rings. The molecule has 0 fully saturated rings. The van der Waals surface area contributed by atoms with Gasteiger partial charge in [-0.3, -0.25) is 19.8 Å². The fourth-order valence-electron chi connectivity index (χ4n) is 5.03. The van der Waals surface area contributed by atoms with Crippen molar-refractivity contribution in [1.82, 2.24) is 4.90 Å². The summed E-state index contributed by atoms with van der Waals surface area (Å²) in [4.78, 5) is 53.7. The molecule has 0 saturated carbocycles. The van der Waals surface area contributed by atoms with Gasteiger partial charge in [-0.15, -0.1) is 11.8 Å². The summed E-state index contributed by atoms with van der Waals surface area (Å²) in [5, 5.41) is 20.4. The van der Waals surface area contributed by atoms with Crippen molar-refractivity contribution in [3.63, 3.8) is 0 Å². The van der Waals surface area contributed by atoms with Gasteiger partial charge in [-0.05, 0) is 60.7 Å². The molecule has 3 aromatic rings. The number of hydrogen-bond acceptors (Lipinski definition) is 8. The number of amides is 3. The van der Waals surface area contributed by atoms with Crippen molar-refractivity contribution in [3.05, 3.63) is 105 Å². The lowest BCUT2D eigenvalue weighted by molar-refractivity contribution is -0.384. The summed E-state index contributed by atoms with van der Waals surface area (Å²) in [6.45, 7) is 0. The lowest BCUT2D eigenvalue weighted by Crippen LogP contribution is -2.53. The van der Waals surface area contributed by atoms with E-state index in [0.29, 0.717) is 15.4 Å². The van der Waals surface area contributed by atoms with E-state index in [0.717, 1.165) is 47.4 Å². The van der Waals surface area contributed by atoms with Gasteiger partial charge < -0.3 is 4.74 Å². The van der Waals surface area contributed by atoms with Crippen molar-refractivity contribution < 1.29 is 37.2 Å². The van der Waals surface area contributed by atoms with Crippen LogP contribution in [-0.2, 0) is 11.0 Å². The van der Waals surface area contributed by atoms with Crippen LogP contribution in [0.15, 0.2) is 82.9 Å². The van der Waals surface area contributed by atoms with Crippen molar-refractivity contribution in [2.45, 2.75) is 30.0 Å². The third-order valence-corrected chi connectivity index (χ3v) is 7.73. The lowest BCUT2D eigenvalue weighted by Gasteiger charge is -2.40. The maximum atomic E-state index is 14.2. The Morgan fingerprint density at radius 2 is 1.81 bits per heavy atom. The summed E-state index contributed by atoms with van der Waals surface area (Å²) < 4.78 is 46.2. The first-order valence-electron chi connectivity index (χ1n) is 12.6. The van der Waals surface area contributed by atoms with Crippen LogP contribution in [0.3, 0.4) is 0 Å². The number of nitro groups is 1. The Balaban J connectivity index is 1.69. The molecule has 0 saturated heterocycles. The number of allylic oxidation sites excluding steroid dienone is 1. The summed E-state index contributed by atoms with van der Waals surface area (Å²) in [6, 6.07) is 12.5. The zero-order valence-corrected chi connectivity index (χ0v) is 22.9. The maximum absolute atomic E-state index is 14.2. The molecule has 5 rings (SSSR count). The number of ether oxygens (including phenoxy) is 1. The Morgan fingerprint density at radius 3 is 2.44 bits per heavy atom. The van der Waals surface area contributed by atoms with E-state index < -0.39 is 40.6 Å². The van der Waals surface area contributed by atoms with Crippen molar-refractivity contribution in [1.29, 1.82) is 5.26 Å². The predicted molar refractivity (Wildman–Crippen MR) is 147 cm³/mol. The highest BCUT2D eigenvalue weighted by Crippen LogP contribution is 2.47. The number of nitriles is 1. The topological polar surface area (TPSA) is 134 Å². The van der Waals surface area contributed by atoms with E-state index in [1.54, 1.807) is 6.26 Å². The molecule has 0 unspecified atom stereocenters. The number of hydrogen-bond donors (Lipinski definition) is 0. The zero-order valence-electron chi connectivity index (χ0n) is 22.1. The standard InChI is InChI=1S/C29H19F3N4O6S/c1-43-24-13-16(15-33)5-10-21(24)26-25-22(11-12-23(25)37)34(19-4-2-3-17(14-19)29(30,31)32)27(38)35(26)28(39)42-20-8-6-18(7-9-20)36(40)41/h2-10,13-14,26H,11-12H2,1H3/t26-/m1/s1. The van der Waals surface area contributed by atoms with E-state index in [1.807, 2.05) is 6.07 Å². The maximum Gasteiger partial charge on any atom is 0.424 e. The van der Waals surface area contributed by atoms with Gasteiger partial charge >= 0.3 is 18.3 Å². The third-order valence-electron chi connectivity index (χ3n) is 6.94. The van der Waals surface area contributed by atoms with Gasteiger partial charge in [0.05, 0.1) is 27.8 Å². The molecule has 14 heteroatoms. The number of nitro benzene ring substituents is 1. The van der Waals surface area contributed by atoms with Gasteiger partial charge in [0.15, 0.2) is 5.78 Å². The summed E-state index contributed by atoms with van der Waals surface area (Å²) in [5.41, 5.74) is -0.745. The molecule has 10 nitrogen and oxygen atoms in total. The van der Waals surface area contributed by atoms with Crippen LogP contribution in [0.25, 0.3) is 0 Å². The molecule has 0 aromatic heterocycles. The highest BCUT2D eigenvalue weighted by Gasteiger charge is 2.50. The van der Waals surface area contributed by atoms with E-state index in [4.69, 9.17) is 4.74 Å². The lowest BCUT2D eigenvalue weighted by atomic mass is 9.92. The van der Waals surface area contributed by atoms with E-state index in [9.17, 15) is 42.9 Å². The number of Topliss-reactive ketones (excluding diaryl/α,β-unsaturated/α-hetero) is 1. The van der Waals surface area contributed by atoms with Crippen LogP contribution in [0.5, 0.6) is 5.75 Å². The number of anilines is 1. The van der Waals surface area contributed by atoms with Crippen LogP contribution in [0.4, 0.5) is 34.1 Å². The molecule has 0 bridgehead atoms. The predicted octanol–water partition coefficient (Wildman–Crippen LogP) is 7.01. The Labute approximate surface area is 246 Å². The number of thioether (sulfide) groups is 1. The number of benzene rings is 3. The molecular weight excluding hydrogens is 589 g/mol. The average Bonchev–Trinajstić information content (AvgIpc) is 3.36. The van der Waals surface area contributed by atoms with Gasteiger partial charge in [0.1, 0.15) is 11.8 Å². The molecule has 218 valence electrons. The normalized spacial score (nSPS) is 16.7. The smallest absolute Gasteiger partial charge is 0.410 e. The summed E-state index contributed by atoms with van der Waals surface area (Å²) >= 11 is 1.20. The average molecular weight is 609 g/mol. The van der Waals surface area contributed by atoms with Crippen molar-refractivity contribution in [2.75, 3.05) is 11.2 Å². The van der Waals surface area contributed by atoms with Crippen LogP contribution in [0.1, 0.15) is 35.6 Å². The molecule has 1 atom stereocenters. The van der Waals surface area contributed by atoms with Gasteiger partial charge in [0.25, 0.3) is 5.69 Å². The Bertz CT molecular complexity index is 1750. The van der Waals surface area contributed by atoms with E-state index >= 15 is 0 Å². The van der Waals surface area contributed by atoms with Gasteiger partial charge in [-0.1, -0.05) is 12.1 Å². The van der Waals surface area contributed by atoms with Crippen molar-refractivity contribution in [2.24, 2.45) is 0 Å². The minimum atomic E-state index is -4.73. The van der Waals surface area contributed by atoms with E-state index in [2.05, 4.69) is 0 Å².